The normalized spacial score (nSPS) is 11.2. The first kappa shape index (κ1) is 35.1. The molecule has 0 unspecified atom stereocenters. The Balaban J connectivity index is 1.24. The van der Waals surface area contributed by atoms with Crippen LogP contribution in [-0.4, -0.2) is 61.0 Å². The number of nitrogens with one attached hydrogen (secondary N) is 4. The summed E-state index contributed by atoms with van der Waals surface area (Å²) in [6.07, 6.45) is 2.70. The number of aromatic nitrogens is 1. The number of aryl methyl sites for hydroxylation is 2. The number of methoxy groups -OCH3 is 1. The average molecular weight is 660 g/mol. The van der Waals surface area contributed by atoms with E-state index < -0.39 is 0 Å². The predicted octanol–water partition coefficient (Wildman–Crippen LogP) is 7.06. The van der Waals surface area contributed by atoms with Crippen LogP contribution in [0.3, 0.4) is 0 Å². The number of nitrogens with zero attached hydrogens (tertiary/aromatic N) is 1. The van der Waals surface area contributed by atoms with Crippen LogP contribution in [0.1, 0.15) is 68.0 Å². The maximum Gasteiger partial charge on any atom is 0.337 e. The minimum absolute atomic E-state index is 0.294. The van der Waals surface area contributed by atoms with Gasteiger partial charge in [-0.1, -0.05) is 54.6 Å². The second-order valence-electron chi connectivity index (χ2n) is 12.4. The number of benzene rings is 4. The highest BCUT2D eigenvalue weighted by atomic mass is 16.5. The van der Waals surface area contributed by atoms with Crippen molar-refractivity contribution in [3.05, 3.63) is 130 Å². The van der Waals surface area contributed by atoms with Crippen molar-refractivity contribution in [1.82, 2.24) is 15.2 Å². The van der Waals surface area contributed by atoms with Crippen LogP contribution < -0.4 is 16.0 Å². The van der Waals surface area contributed by atoms with Crippen molar-refractivity contribution < 1.29 is 19.1 Å². The molecular formula is C40H45N5O4. The van der Waals surface area contributed by atoms with Crippen molar-refractivity contribution >= 4 is 40.2 Å². The van der Waals surface area contributed by atoms with E-state index in [1.165, 1.54) is 7.11 Å². The molecule has 2 amide bonds. The lowest BCUT2D eigenvalue weighted by Gasteiger charge is -2.26. The number of hydrogen-bond acceptors (Lipinski definition) is 6. The molecule has 0 aliphatic carbocycles. The number of carbonyl (C=O) groups is 3. The maximum atomic E-state index is 13.7. The molecule has 254 valence electrons. The van der Waals surface area contributed by atoms with Gasteiger partial charge in [0.25, 0.3) is 11.8 Å². The number of ether oxygens (including phenoxy) is 1. The van der Waals surface area contributed by atoms with Gasteiger partial charge in [-0.2, -0.15) is 0 Å². The molecule has 49 heavy (non-hydrogen) atoms. The predicted molar refractivity (Wildman–Crippen MR) is 196 cm³/mol. The molecule has 0 spiro atoms. The Morgan fingerprint density at radius 1 is 0.776 bits per heavy atom. The second-order valence-corrected chi connectivity index (χ2v) is 12.4. The van der Waals surface area contributed by atoms with Gasteiger partial charge in [0, 0.05) is 47.8 Å². The van der Waals surface area contributed by atoms with E-state index in [0.29, 0.717) is 34.2 Å². The molecule has 5 rings (SSSR count). The number of carbonyl (C=O) groups excluding carboxylic acids is 3. The van der Waals surface area contributed by atoms with Gasteiger partial charge >= 0.3 is 5.97 Å². The Kier molecular flexibility index (Phi) is 12.0. The Hall–Kier alpha value is -5.25. The number of anilines is 2. The van der Waals surface area contributed by atoms with Crippen LogP contribution in [0.2, 0.25) is 0 Å². The van der Waals surface area contributed by atoms with Crippen molar-refractivity contribution in [2.45, 2.75) is 45.7 Å². The van der Waals surface area contributed by atoms with Crippen molar-refractivity contribution in [1.29, 1.82) is 0 Å². The van der Waals surface area contributed by atoms with Gasteiger partial charge in [0.05, 0.1) is 18.2 Å². The van der Waals surface area contributed by atoms with Crippen LogP contribution in [0, 0.1) is 0 Å². The summed E-state index contributed by atoms with van der Waals surface area (Å²) in [5.41, 5.74) is 6.22. The first-order valence-electron chi connectivity index (χ1n) is 16.7. The lowest BCUT2D eigenvalue weighted by Crippen LogP contribution is -2.35. The molecule has 0 aliphatic heterocycles. The number of aromatic amines is 1. The molecule has 5 aromatic rings. The summed E-state index contributed by atoms with van der Waals surface area (Å²) >= 11 is 0. The minimum Gasteiger partial charge on any atom is -0.465 e. The summed E-state index contributed by atoms with van der Waals surface area (Å²) in [6.45, 7) is 6.84. The first-order chi connectivity index (χ1) is 23.7. The quantitative estimate of drug-likeness (QED) is 0.0895. The van der Waals surface area contributed by atoms with Crippen molar-refractivity contribution in [3.8, 4) is 0 Å². The minimum atomic E-state index is -0.338. The molecule has 4 N–H and O–H groups in total. The number of H-pyrrole nitrogens is 1. The van der Waals surface area contributed by atoms with Crippen LogP contribution in [0.4, 0.5) is 11.5 Å². The van der Waals surface area contributed by atoms with E-state index in [1.54, 1.807) is 18.2 Å². The Labute approximate surface area is 288 Å². The summed E-state index contributed by atoms with van der Waals surface area (Å²) in [4.78, 5) is 44.5. The fourth-order valence-corrected chi connectivity index (χ4v) is 5.85. The van der Waals surface area contributed by atoms with E-state index in [4.69, 9.17) is 4.74 Å². The van der Waals surface area contributed by atoms with E-state index in [0.717, 1.165) is 66.5 Å². The smallest absolute Gasteiger partial charge is 0.337 e. The summed E-state index contributed by atoms with van der Waals surface area (Å²) in [5, 5.41) is 9.92. The summed E-state index contributed by atoms with van der Waals surface area (Å²) in [7, 11) is 3.32. The van der Waals surface area contributed by atoms with Gasteiger partial charge in [0.15, 0.2) is 0 Å². The second kappa shape index (κ2) is 16.7. The highest BCUT2D eigenvalue weighted by Gasteiger charge is 2.21. The first-order valence-corrected chi connectivity index (χ1v) is 16.7. The van der Waals surface area contributed by atoms with Crippen LogP contribution in [0.5, 0.6) is 0 Å². The van der Waals surface area contributed by atoms with Gasteiger partial charge in [-0.25, -0.2) is 4.79 Å². The molecule has 0 aliphatic rings. The SMILES string of the molecule is CNCCN(Cc1cccc(C(=O)Nc2[nH]c3ccccc3c2C(=O)Nc2ccc(CCCc3ccc(C(=O)OC)cc3)cc2)c1)C(C)C. The zero-order chi connectivity index (χ0) is 34.8. The number of para-hydroxylation sites is 1. The fraction of sp³-hybridized carbons (Fsp3) is 0.275. The summed E-state index contributed by atoms with van der Waals surface area (Å²) in [5.74, 6) is -0.599. The van der Waals surface area contributed by atoms with Crippen LogP contribution >= 0.6 is 0 Å². The van der Waals surface area contributed by atoms with Crippen molar-refractivity contribution in [2.24, 2.45) is 0 Å². The van der Waals surface area contributed by atoms with Crippen molar-refractivity contribution in [3.63, 3.8) is 0 Å². The Morgan fingerprint density at radius 2 is 1.47 bits per heavy atom. The molecule has 0 fully saturated rings. The van der Waals surface area contributed by atoms with Gasteiger partial charge in [0.2, 0.25) is 0 Å². The lowest BCUT2D eigenvalue weighted by molar-refractivity contribution is 0.0600. The monoisotopic (exact) mass is 659 g/mol. The average Bonchev–Trinajstić information content (AvgIpc) is 3.48. The van der Waals surface area contributed by atoms with Gasteiger partial charge in [0.1, 0.15) is 5.82 Å². The number of amides is 2. The molecule has 0 bridgehead atoms. The van der Waals surface area contributed by atoms with Crippen LogP contribution in [-0.2, 0) is 24.1 Å². The number of likely N-dealkylation sites (N-methyl/N-ethyl adjacent to an activating group) is 1. The maximum absolute atomic E-state index is 13.7. The molecule has 0 saturated carbocycles. The summed E-state index contributed by atoms with van der Waals surface area (Å²) < 4.78 is 4.77. The molecule has 0 radical (unpaired) electrons. The summed E-state index contributed by atoms with van der Waals surface area (Å²) in [6, 6.07) is 30.8. The van der Waals surface area contributed by atoms with E-state index in [2.05, 4.69) is 39.7 Å². The fourth-order valence-electron chi connectivity index (χ4n) is 5.85. The van der Waals surface area contributed by atoms with Gasteiger partial charge in [-0.05, 0) is 99.3 Å². The number of esters is 1. The van der Waals surface area contributed by atoms with Gasteiger partial charge in [-0.15, -0.1) is 0 Å². The van der Waals surface area contributed by atoms with E-state index in [9.17, 15) is 14.4 Å². The molecule has 0 atom stereocenters. The lowest BCUT2D eigenvalue weighted by atomic mass is 10.0. The molecule has 1 heterocycles. The van der Waals surface area contributed by atoms with E-state index >= 15 is 0 Å². The molecule has 1 aromatic heterocycles. The topological polar surface area (TPSA) is 116 Å². The molecular weight excluding hydrogens is 614 g/mol. The van der Waals surface area contributed by atoms with Crippen LogP contribution in [0.15, 0.2) is 97.1 Å². The van der Waals surface area contributed by atoms with E-state index in [1.807, 2.05) is 85.9 Å². The Morgan fingerprint density at radius 3 is 2.14 bits per heavy atom. The Bertz CT molecular complexity index is 1880. The third kappa shape index (κ3) is 9.22. The van der Waals surface area contributed by atoms with Crippen molar-refractivity contribution in [2.75, 3.05) is 37.9 Å². The number of hydrogen-bond donors (Lipinski definition) is 4. The number of fused-ring (bicyclic) bond motifs is 1. The zero-order valence-corrected chi connectivity index (χ0v) is 28.6. The third-order valence-electron chi connectivity index (χ3n) is 8.64. The third-order valence-corrected chi connectivity index (χ3v) is 8.64. The molecule has 4 aromatic carbocycles. The molecule has 0 saturated heterocycles. The molecule has 9 heteroatoms. The largest absolute Gasteiger partial charge is 0.465 e. The highest BCUT2D eigenvalue weighted by molar-refractivity contribution is 6.19. The highest BCUT2D eigenvalue weighted by Crippen LogP contribution is 2.28. The number of rotatable bonds is 15. The molecule has 9 nitrogen and oxygen atoms in total. The van der Waals surface area contributed by atoms with E-state index in [-0.39, 0.29) is 17.8 Å². The van der Waals surface area contributed by atoms with Gasteiger partial charge in [-0.3, -0.25) is 14.5 Å². The van der Waals surface area contributed by atoms with Crippen LogP contribution in [0.25, 0.3) is 10.9 Å². The standard InChI is InChI=1S/C40H45N5O4/c1-27(2)45(24-23-41-3)26-30-11-8-12-32(25-30)38(46)44-37-36(34-13-5-6-14-35(34)43-37)39(47)42-33-21-17-29(18-22-33)10-7-9-28-15-19-31(20-16-28)40(48)49-4/h5-6,8,11-22,25,27,41,43H,7,9-10,23-24,26H2,1-4H3,(H,42,47)(H,44,46). The van der Waals surface area contributed by atoms with Gasteiger partial charge < -0.3 is 25.7 Å². The zero-order valence-electron chi connectivity index (χ0n) is 28.6.